The first-order chi connectivity index (χ1) is 13.6. The summed E-state index contributed by atoms with van der Waals surface area (Å²) in [7, 11) is 0. The molecule has 4 rings (SSSR count). The molecule has 0 bridgehead atoms. The molecule has 0 saturated heterocycles. The average Bonchev–Trinajstić information content (AvgIpc) is 3.44. The lowest BCUT2D eigenvalue weighted by atomic mass is 10.2. The summed E-state index contributed by atoms with van der Waals surface area (Å²) in [6, 6.07) is 18.1. The van der Waals surface area contributed by atoms with Crippen LogP contribution in [0.2, 0.25) is 0 Å². The van der Waals surface area contributed by atoms with E-state index in [0.29, 0.717) is 6.04 Å². The summed E-state index contributed by atoms with van der Waals surface area (Å²) in [5.74, 6) is 0.822. The molecule has 1 aliphatic rings. The maximum atomic E-state index is 12.8. The van der Waals surface area contributed by atoms with E-state index in [4.69, 9.17) is 0 Å². The van der Waals surface area contributed by atoms with E-state index in [1.165, 1.54) is 0 Å². The highest BCUT2D eigenvalue weighted by Crippen LogP contribution is 2.36. The van der Waals surface area contributed by atoms with Crippen LogP contribution in [0.4, 0.5) is 11.4 Å². The highest BCUT2D eigenvalue weighted by Gasteiger charge is 2.28. The van der Waals surface area contributed by atoms with Gasteiger partial charge in [-0.15, -0.1) is 5.10 Å². The van der Waals surface area contributed by atoms with Crippen LogP contribution in [-0.4, -0.2) is 38.7 Å². The van der Waals surface area contributed by atoms with Crippen LogP contribution >= 0.6 is 0 Å². The number of para-hydroxylation sites is 1. The number of aromatic nitrogens is 4. The molecule has 0 aliphatic heterocycles. The number of nitrogens with zero attached hydrogens (tertiary/aromatic N) is 5. The van der Waals surface area contributed by atoms with Gasteiger partial charge in [0.25, 0.3) is 0 Å². The SMILES string of the molecule is CC(C)N(C(=O)CNc1ccc(-c2nnnn2C2CC2)cc1)c1ccccc1. The quantitative estimate of drug-likeness (QED) is 0.683. The molecule has 28 heavy (non-hydrogen) atoms. The molecule has 1 N–H and O–H groups in total. The van der Waals surface area contributed by atoms with Crippen LogP contribution in [0.15, 0.2) is 54.6 Å². The maximum Gasteiger partial charge on any atom is 0.246 e. The van der Waals surface area contributed by atoms with Crippen molar-refractivity contribution in [2.45, 2.75) is 38.8 Å². The fraction of sp³-hybridized carbons (Fsp3) is 0.333. The van der Waals surface area contributed by atoms with E-state index >= 15 is 0 Å². The molecule has 3 aromatic rings. The fourth-order valence-corrected chi connectivity index (χ4v) is 3.27. The van der Waals surface area contributed by atoms with Crippen LogP contribution in [0.1, 0.15) is 32.7 Å². The predicted molar refractivity (Wildman–Crippen MR) is 109 cm³/mol. The topological polar surface area (TPSA) is 75.9 Å². The minimum Gasteiger partial charge on any atom is -0.376 e. The Hall–Kier alpha value is -3.22. The zero-order valence-electron chi connectivity index (χ0n) is 16.1. The zero-order chi connectivity index (χ0) is 19.5. The third-order valence-electron chi connectivity index (χ3n) is 4.79. The van der Waals surface area contributed by atoms with Crippen molar-refractivity contribution in [3.63, 3.8) is 0 Å². The monoisotopic (exact) mass is 376 g/mol. The van der Waals surface area contributed by atoms with Gasteiger partial charge in [-0.3, -0.25) is 4.79 Å². The van der Waals surface area contributed by atoms with E-state index in [1.807, 2.05) is 78.0 Å². The maximum absolute atomic E-state index is 12.8. The number of hydrogen-bond acceptors (Lipinski definition) is 5. The molecule has 2 aromatic carbocycles. The molecule has 1 aromatic heterocycles. The number of tetrazole rings is 1. The molecular formula is C21H24N6O. The lowest BCUT2D eigenvalue weighted by Crippen LogP contribution is -2.40. The normalized spacial score (nSPS) is 13.5. The largest absolute Gasteiger partial charge is 0.376 e. The van der Waals surface area contributed by atoms with Crippen molar-refractivity contribution in [3.05, 3.63) is 54.6 Å². The van der Waals surface area contributed by atoms with Crippen LogP contribution in [-0.2, 0) is 4.79 Å². The molecule has 7 nitrogen and oxygen atoms in total. The van der Waals surface area contributed by atoms with Crippen molar-refractivity contribution in [2.75, 3.05) is 16.8 Å². The van der Waals surface area contributed by atoms with Gasteiger partial charge < -0.3 is 10.2 Å². The average molecular weight is 376 g/mol. The molecule has 0 spiro atoms. The van der Waals surface area contributed by atoms with E-state index in [1.54, 1.807) is 0 Å². The summed E-state index contributed by atoms with van der Waals surface area (Å²) in [6.07, 6.45) is 2.26. The summed E-state index contributed by atoms with van der Waals surface area (Å²) in [6.45, 7) is 4.26. The smallest absolute Gasteiger partial charge is 0.246 e. The van der Waals surface area contributed by atoms with E-state index in [2.05, 4.69) is 20.8 Å². The summed E-state index contributed by atoms with van der Waals surface area (Å²) < 4.78 is 1.90. The predicted octanol–water partition coefficient (Wildman–Crippen LogP) is 3.53. The molecular weight excluding hydrogens is 352 g/mol. The molecule has 1 aliphatic carbocycles. The Labute approximate surface area is 164 Å². The lowest BCUT2D eigenvalue weighted by molar-refractivity contribution is -0.117. The van der Waals surface area contributed by atoms with Crippen molar-refractivity contribution >= 4 is 17.3 Å². The standard InChI is InChI=1S/C21H24N6O/c1-15(2)26(18-6-4-3-5-7-18)20(28)14-22-17-10-8-16(9-11-17)21-23-24-25-27(21)19-12-13-19/h3-11,15,19,22H,12-14H2,1-2H3. The molecule has 0 atom stereocenters. The number of carbonyl (C=O) groups excluding carboxylic acids is 1. The van der Waals surface area contributed by atoms with Gasteiger partial charge in [0.1, 0.15) is 0 Å². The van der Waals surface area contributed by atoms with E-state index < -0.39 is 0 Å². The molecule has 144 valence electrons. The number of rotatable bonds is 7. The van der Waals surface area contributed by atoms with Crippen molar-refractivity contribution < 1.29 is 4.79 Å². The third-order valence-corrected chi connectivity index (χ3v) is 4.79. The Balaban J connectivity index is 1.42. The second kappa shape index (κ2) is 7.80. The molecule has 1 amide bonds. The van der Waals surface area contributed by atoms with Crippen LogP contribution in [0.25, 0.3) is 11.4 Å². The second-order valence-electron chi connectivity index (χ2n) is 7.30. The number of anilines is 2. The summed E-state index contributed by atoms with van der Waals surface area (Å²) in [5, 5.41) is 15.3. The van der Waals surface area contributed by atoms with Crippen molar-refractivity contribution in [2.24, 2.45) is 0 Å². The summed E-state index contributed by atoms with van der Waals surface area (Å²) in [5.41, 5.74) is 2.77. The lowest BCUT2D eigenvalue weighted by Gasteiger charge is -2.27. The van der Waals surface area contributed by atoms with Crippen LogP contribution in [0.3, 0.4) is 0 Å². The van der Waals surface area contributed by atoms with Crippen molar-refractivity contribution in [1.82, 2.24) is 20.2 Å². The minimum atomic E-state index is 0.0305. The highest BCUT2D eigenvalue weighted by molar-refractivity contribution is 5.96. The second-order valence-corrected chi connectivity index (χ2v) is 7.30. The van der Waals surface area contributed by atoms with Gasteiger partial charge in [-0.05, 0) is 73.5 Å². The molecule has 0 radical (unpaired) electrons. The fourth-order valence-electron chi connectivity index (χ4n) is 3.27. The van der Waals surface area contributed by atoms with E-state index in [0.717, 1.165) is 35.6 Å². The summed E-state index contributed by atoms with van der Waals surface area (Å²) >= 11 is 0. The molecule has 1 saturated carbocycles. The Morgan fingerprint density at radius 2 is 1.86 bits per heavy atom. The number of amides is 1. The van der Waals surface area contributed by atoms with Gasteiger partial charge >= 0.3 is 0 Å². The van der Waals surface area contributed by atoms with Gasteiger partial charge in [-0.2, -0.15) is 0 Å². The van der Waals surface area contributed by atoms with Crippen molar-refractivity contribution in [3.8, 4) is 11.4 Å². The zero-order valence-corrected chi connectivity index (χ0v) is 16.1. The molecule has 7 heteroatoms. The Bertz CT molecular complexity index is 931. The van der Waals surface area contributed by atoms with Gasteiger partial charge in [0.2, 0.25) is 5.91 Å². The number of nitrogens with one attached hydrogen (secondary N) is 1. The summed E-state index contributed by atoms with van der Waals surface area (Å²) in [4.78, 5) is 14.6. The van der Waals surface area contributed by atoms with E-state index in [-0.39, 0.29) is 18.5 Å². The first-order valence-electron chi connectivity index (χ1n) is 9.63. The van der Waals surface area contributed by atoms with E-state index in [9.17, 15) is 4.79 Å². The van der Waals surface area contributed by atoms with Gasteiger partial charge in [0, 0.05) is 23.0 Å². The van der Waals surface area contributed by atoms with Gasteiger partial charge in [0.05, 0.1) is 12.6 Å². The Kier molecular flexibility index (Phi) is 5.06. The van der Waals surface area contributed by atoms with Gasteiger partial charge in [-0.25, -0.2) is 4.68 Å². The third kappa shape index (κ3) is 3.88. The molecule has 1 heterocycles. The first-order valence-corrected chi connectivity index (χ1v) is 9.63. The van der Waals surface area contributed by atoms with Gasteiger partial charge in [-0.1, -0.05) is 18.2 Å². The van der Waals surface area contributed by atoms with Gasteiger partial charge in [0.15, 0.2) is 5.82 Å². The number of carbonyl (C=O) groups is 1. The Morgan fingerprint density at radius 1 is 1.14 bits per heavy atom. The minimum absolute atomic E-state index is 0.0305. The van der Waals surface area contributed by atoms with Crippen LogP contribution < -0.4 is 10.2 Å². The Morgan fingerprint density at radius 3 is 2.50 bits per heavy atom. The number of benzene rings is 2. The van der Waals surface area contributed by atoms with Crippen LogP contribution in [0.5, 0.6) is 0 Å². The molecule has 1 fully saturated rings. The number of hydrogen-bond donors (Lipinski definition) is 1. The van der Waals surface area contributed by atoms with Crippen LogP contribution in [0, 0.1) is 0 Å². The molecule has 0 unspecified atom stereocenters. The first kappa shape index (κ1) is 18.2. The van der Waals surface area contributed by atoms with Crippen molar-refractivity contribution in [1.29, 1.82) is 0 Å². The highest BCUT2D eigenvalue weighted by atomic mass is 16.2.